The number of tetrazole rings is 1. The van der Waals surface area contributed by atoms with E-state index in [1.54, 1.807) is 28.9 Å². The molecule has 1 amide bonds. The molecule has 0 aliphatic rings. The Morgan fingerprint density at radius 1 is 0.969 bits per heavy atom. The number of nitrogens with one attached hydrogen (secondary N) is 1. The Bertz CT molecular complexity index is 1210. The number of benzene rings is 3. The molecule has 0 spiro atoms. The van der Waals surface area contributed by atoms with Gasteiger partial charge in [-0.05, 0) is 58.5 Å². The Labute approximate surface area is 185 Å². The van der Waals surface area contributed by atoms with Crippen LogP contribution in [0.4, 0.5) is 18.9 Å². The lowest BCUT2D eigenvalue weighted by Crippen LogP contribution is -2.13. The maximum Gasteiger partial charge on any atom is 0.416 e. The minimum absolute atomic E-state index is 0.0807. The Balaban J connectivity index is 1.39. The average molecular weight is 455 g/mol. The lowest BCUT2D eigenvalue weighted by molar-refractivity contribution is -0.137. The number of hydrogen-bond donors (Lipinski definition) is 1. The van der Waals surface area contributed by atoms with Crippen LogP contribution < -0.4 is 5.32 Å². The molecule has 0 radical (unpaired) electrons. The van der Waals surface area contributed by atoms with Crippen molar-refractivity contribution in [3.63, 3.8) is 0 Å². The summed E-state index contributed by atoms with van der Waals surface area (Å²) in [5.41, 5.74) is 1.39. The number of amides is 1. The van der Waals surface area contributed by atoms with Gasteiger partial charge < -0.3 is 5.32 Å². The van der Waals surface area contributed by atoms with Crippen molar-refractivity contribution in [2.45, 2.75) is 17.1 Å². The number of aromatic nitrogens is 4. The molecule has 4 rings (SSSR count). The minimum atomic E-state index is -4.47. The highest BCUT2D eigenvalue weighted by Gasteiger charge is 2.30. The Morgan fingerprint density at radius 3 is 2.44 bits per heavy atom. The fourth-order valence-electron chi connectivity index (χ4n) is 2.88. The predicted octanol–water partition coefficient (Wildman–Crippen LogP) is 5.23. The van der Waals surface area contributed by atoms with Crippen LogP contribution in [-0.4, -0.2) is 26.1 Å². The summed E-state index contributed by atoms with van der Waals surface area (Å²) in [4.78, 5) is 12.4. The number of nitrogens with zero attached hydrogens (tertiary/aromatic N) is 4. The number of hydrogen-bond acceptors (Lipinski definition) is 5. The molecule has 1 heterocycles. The van der Waals surface area contributed by atoms with E-state index in [0.717, 1.165) is 23.4 Å². The first-order chi connectivity index (χ1) is 15.4. The zero-order valence-corrected chi connectivity index (χ0v) is 17.3. The van der Waals surface area contributed by atoms with Gasteiger partial charge in [-0.25, -0.2) is 0 Å². The highest BCUT2D eigenvalue weighted by Crippen LogP contribution is 2.30. The van der Waals surface area contributed by atoms with E-state index in [-0.39, 0.29) is 5.69 Å². The molecule has 4 aromatic rings. The molecule has 0 bridgehead atoms. The molecule has 6 nitrogen and oxygen atoms in total. The van der Waals surface area contributed by atoms with Gasteiger partial charge in [0.25, 0.3) is 5.91 Å². The van der Waals surface area contributed by atoms with Crippen molar-refractivity contribution in [1.82, 2.24) is 20.2 Å². The summed E-state index contributed by atoms with van der Waals surface area (Å²) in [5, 5.41) is 14.9. The van der Waals surface area contributed by atoms with Crippen LogP contribution in [0.5, 0.6) is 0 Å². The third-order valence-electron chi connectivity index (χ3n) is 4.47. The Morgan fingerprint density at radius 2 is 1.72 bits per heavy atom. The molecule has 162 valence electrons. The van der Waals surface area contributed by atoms with Crippen molar-refractivity contribution < 1.29 is 18.0 Å². The second-order valence-electron chi connectivity index (χ2n) is 6.73. The molecule has 0 unspecified atom stereocenters. The van der Waals surface area contributed by atoms with Crippen molar-refractivity contribution in [2.75, 3.05) is 5.32 Å². The summed E-state index contributed by atoms with van der Waals surface area (Å²) in [5.74, 6) is 0.0828. The monoisotopic (exact) mass is 455 g/mol. The number of carbonyl (C=O) groups is 1. The largest absolute Gasteiger partial charge is 0.416 e. The van der Waals surface area contributed by atoms with Gasteiger partial charge in [0.05, 0.1) is 11.3 Å². The maximum atomic E-state index is 12.8. The number of anilines is 1. The number of carbonyl (C=O) groups excluding carboxylic acids is 1. The summed E-state index contributed by atoms with van der Waals surface area (Å²) in [6, 6.07) is 20.8. The zero-order valence-electron chi connectivity index (χ0n) is 16.5. The summed E-state index contributed by atoms with van der Waals surface area (Å²) < 4.78 is 40.2. The van der Waals surface area contributed by atoms with Gasteiger partial charge in [-0.1, -0.05) is 48.2 Å². The normalized spacial score (nSPS) is 11.3. The van der Waals surface area contributed by atoms with Crippen molar-refractivity contribution in [2.24, 2.45) is 0 Å². The van der Waals surface area contributed by atoms with Gasteiger partial charge in [-0.2, -0.15) is 17.9 Å². The van der Waals surface area contributed by atoms with Crippen LogP contribution >= 0.6 is 11.8 Å². The average Bonchev–Trinajstić information content (AvgIpc) is 3.27. The highest BCUT2D eigenvalue weighted by atomic mass is 32.2. The number of alkyl halides is 3. The third-order valence-corrected chi connectivity index (χ3v) is 5.46. The second-order valence-corrected chi connectivity index (χ2v) is 7.67. The van der Waals surface area contributed by atoms with Gasteiger partial charge in [0.15, 0.2) is 0 Å². The van der Waals surface area contributed by atoms with E-state index in [4.69, 9.17) is 0 Å². The summed E-state index contributed by atoms with van der Waals surface area (Å²) in [7, 11) is 0. The molecular formula is C22H16F3N5OS. The molecule has 0 saturated carbocycles. The van der Waals surface area contributed by atoms with Gasteiger partial charge in [0, 0.05) is 17.0 Å². The fraction of sp³-hybridized carbons (Fsp3) is 0.0909. The molecule has 0 saturated heterocycles. The van der Waals surface area contributed by atoms with Gasteiger partial charge in [0.1, 0.15) is 0 Å². The second kappa shape index (κ2) is 9.23. The van der Waals surface area contributed by atoms with Crippen LogP contribution in [0.1, 0.15) is 21.5 Å². The molecule has 0 aliphatic heterocycles. The van der Waals surface area contributed by atoms with Crippen LogP contribution in [0.2, 0.25) is 0 Å². The third kappa shape index (κ3) is 5.14. The molecule has 0 aliphatic carbocycles. The van der Waals surface area contributed by atoms with E-state index in [0.29, 0.717) is 16.5 Å². The van der Waals surface area contributed by atoms with Gasteiger partial charge in [0.2, 0.25) is 5.16 Å². The molecule has 1 aromatic heterocycles. The lowest BCUT2D eigenvalue weighted by Gasteiger charge is -2.10. The van der Waals surface area contributed by atoms with E-state index in [1.807, 2.05) is 30.3 Å². The zero-order chi connectivity index (χ0) is 22.6. The minimum Gasteiger partial charge on any atom is -0.322 e. The number of rotatable bonds is 6. The Hall–Kier alpha value is -3.66. The summed E-state index contributed by atoms with van der Waals surface area (Å²) in [6.07, 6.45) is -4.47. The maximum absolute atomic E-state index is 12.8. The van der Waals surface area contributed by atoms with E-state index in [9.17, 15) is 18.0 Å². The Kier molecular flexibility index (Phi) is 6.22. The lowest BCUT2D eigenvalue weighted by atomic mass is 10.1. The molecule has 0 atom stereocenters. The van der Waals surface area contributed by atoms with E-state index < -0.39 is 17.6 Å². The molecule has 32 heavy (non-hydrogen) atoms. The first kappa shape index (κ1) is 21.6. The number of halogens is 3. The molecular weight excluding hydrogens is 439 g/mol. The van der Waals surface area contributed by atoms with Crippen LogP contribution in [0.15, 0.2) is 84.0 Å². The van der Waals surface area contributed by atoms with E-state index in [1.165, 1.54) is 23.9 Å². The number of thioether (sulfide) groups is 1. The smallest absolute Gasteiger partial charge is 0.322 e. The first-order valence-electron chi connectivity index (χ1n) is 9.44. The fourth-order valence-corrected chi connectivity index (χ4v) is 3.72. The van der Waals surface area contributed by atoms with Crippen molar-refractivity contribution >= 4 is 23.4 Å². The van der Waals surface area contributed by atoms with Crippen LogP contribution in [0.3, 0.4) is 0 Å². The highest BCUT2D eigenvalue weighted by molar-refractivity contribution is 7.98. The van der Waals surface area contributed by atoms with Crippen LogP contribution in [-0.2, 0) is 11.9 Å². The summed E-state index contributed by atoms with van der Waals surface area (Å²) in [6.45, 7) is 0. The number of para-hydroxylation sites is 1. The van der Waals surface area contributed by atoms with Crippen molar-refractivity contribution in [1.29, 1.82) is 0 Å². The van der Waals surface area contributed by atoms with Gasteiger partial charge in [-0.3, -0.25) is 4.79 Å². The van der Waals surface area contributed by atoms with Crippen molar-refractivity contribution in [3.05, 3.63) is 95.6 Å². The molecule has 10 heteroatoms. The molecule has 1 N–H and O–H groups in total. The van der Waals surface area contributed by atoms with Crippen LogP contribution in [0, 0.1) is 0 Å². The quantitative estimate of drug-likeness (QED) is 0.403. The van der Waals surface area contributed by atoms with Crippen LogP contribution in [0.25, 0.3) is 5.69 Å². The summed E-state index contributed by atoms with van der Waals surface area (Å²) >= 11 is 1.44. The van der Waals surface area contributed by atoms with Gasteiger partial charge in [-0.15, -0.1) is 5.10 Å². The predicted molar refractivity (Wildman–Crippen MR) is 115 cm³/mol. The molecule has 0 fully saturated rings. The van der Waals surface area contributed by atoms with Gasteiger partial charge >= 0.3 is 6.18 Å². The SMILES string of the molecule is O=C(Nc1cccc(C(F)(F)F)c1)c1ccc(CSc2nnnn2-c2ccccc2)cc1. The van der Waals surface area contributed by atoms with E-state index in [2.05, 4.69) is 20.8 Å². The van der Waals surface area contributed by atoms with Crippen molar-refractivity contribution in [3.8, 4) is 5.69 Å². The van der Waals surface area contributed by atoms with E-state index >= 15 is 0 Å². The molecule has 3 aromatic carbocycles. The standard InChI is InChI=1S/C22H16F3N5OS/c23-22(24,25)17-5-4-6-18(13-17)26-20(31)16-11-9-15(10-12-16)14-32-21-27-28-29-30(21)19-7-2-1-3-8-19/h1-13H,14H2,(H,26,31). The first-order valence-corrected chi connectivity index (χ1v) is 10.4. The topological polar surface area (TPSA) is 72.7 Å².